The number of aliphatic hydroxyl groups is 1. The molecule has 0 amide bonds. The van der Waals surface area contributed by atoms with Crippen molar-refractivity contribution >= 4 is 22.6 Å². The Balaban J connectivity index is 4.33. The van der Waals surface area contributed by atoms with Crippen molar-refractivity contribution in [1.29, 1.82) is 0 Å². The molecule has 0 aromatic carbocycles. The van der Waals surface area contributed by atoms with Gasteiger partial charge in [-0.2, -0.15) is 22.0 Å². The second-order valence-corrected chi connectivity index (χ2v) is 4.28. The van der Waals surface area contributed by atoms with E-state index in [-0.39, 0.29) is 22.7 Å². The van der Waals surface area contributed by atoms with Crippen LogP contribution in [0.1, 0.15) is 19.3 Å². The summed E-state index contributed by atoms with van der Waals surface area (Å²) >= 11 is 1.45. The Kier molecular flexibility index (Phi) is 6.01. The molecule has 0 aromatic heterocycles. The van der Waals surface area contributed by atoms with Gasteiger partial charge in [0.15, 0.2) is 0 Å². The van der Waals surface area contributed by atoms with Crippen molar-refractivity contribution < 1.29 is 27.1 Å². The van der Waals surface area contributed by atoms with Crippen LogP contribution in [0.3, 0.4) is 0 Å². The summed E-state index contributed by atoms with van der Waals surface area (Å²) in [4.78, 5) is 0. The quantitative estimate of drug-likeness (QED) is 0.459. The fourth-order valence-corrected chi connectivity index (χ4v) is 1.53. The highest BCUT2D eigenvalue weighted by Crippen LogP contribution is 2.38. The highest BCUT2D eigenvalue weighted by molar-refractivity contribution is 14.1. The summed E-state index contributed by atoms with van der Waals surface area (Å²) in [7, 11) is 0. The molecule has 1 N–H and O–H groups in total. The van der Waals surface area contributed by atoms with Gasteiger partial charge in [0.1, 0.15) is 0 Å². The molecule has 1 nitrogen and oxygen atoms in total. The van der Waals surface area contributed by atoms with Gasteiger partial charge >= 0.3 is 12.1 Å². The van der Waals surface area contributed by atoms with E-state index in [1.807, 2.05) is 0 Å². The van der Waals surface area contributed by atoms with Gasteiger partial charge in [0.25, 0.3) is 0 Å². The van der Waals surface area contributed by atoms with Gasteiger partial charge in [-0.1, -0.05) is 0 Å². The lowest BCUT2D eigenvalue weighted by Crippen LogP contribution is -2.34. The molecule has 0 aliphatic rings. The topological polar surface area (TPSA) is 20.2 Å². The molecule has 0 aliphatic heterocycles. The molecule has 7 heteroatoms. The van der Waals surface area contributed by atoms with E-state index < -0.39 is 12.1 Å². The number of allylic oxidation sites excluding steroid dienone is 2. The standard InChI is InChI=1S/C8H10F5IO/c9-7(10,8(11,12)13)5-6(14)3-1-2-4-15/h5,15H,1-4H2. The largest absolute Gasteiger partial charge is 0.457 e. The number of aliphatic hydroxyl groups excluding tert-OH is 1. The molecule has 0 bridgehead atoms. The van der Waals surface area contributed by atoms with Crippen molar-refractivity contribution in [3.05, 3.63) is 9.66 Å². The monoisotopic (exact) mass is 344 g/mol. The third kappa shape index (κ3) is 5.64. The van der Waals surface area contributed by atoms with Gasteiger partial charge in [0.2, 0.25) is 0 Å². The molecule has 0 radical (unpaired) electrons. The van der Waals surface area contributed by atoms with Gasteiger partial charge < -0.3 is 5.11 Å². The number of unbranched alkanes of at least 4 members (excludes halogenated alkanes) is 1. The van der Waals surface area contributed by atoms with Crippen LogP contribution in [0.4, 0.5) is 22.0 Å². The third-order valence-electron chi connectivity index (χ3n) is 1.54. The fourth-order valence-electron chi connectivity index (χ4n) is 0.756. The van der Waals surface area contributed by atoms with Gasteiger partial charge in [0, 0.05) is 12.7 Å². The summed E-state index contributed by atoms with van der Waals surface area (Å²) in [5, 5.41) is 8.39. The van der Waals surface area contributed by atoms with E-state index in [0.717, 1.165) is 0 Å². The average molecular weight is 344 g/mol. The predicted octanol–water partition coefficient (Wildman–Crippen LogP) is 3.67. The van der Waals surface area contributed by atoms with Crippen LogP contribution in [0, 0.1) is 0 Å². The molecule has 0 saturated carbocycles. The number of halogens is 6. The van der Waals surface area contributed by atoms with Crippen LogP contribution < -0.4 is 0 Å². The van der Waals surface area contributed by atoms with Crippen LogP contribution in [0.2, 0.25) is 0 Å². The predicted molar refractivity (Wildman–Crippen MR) is 54.0 cm³/mol. The molecule has 0 heterocycles. The minimum absolute atomic E-state index is 0.0524. The van der Waals surface area contributed by atoms with E-state index in [2.05, 4.69) is 0 Å². The first-order valence-electron chi connectivity index (χ1n) is 4.13. The highest BCUT2D eigenvalue weighted by Gasteiger charge is 2.55. The molecule has 15 heavy (non-hydrogen) atoms. The molecule has 0 fully saturated rings. The van der Waals surface area contributed by atoms with Gasteiger partial charge in [0.05, 0.1) is 0 Å². The summed E-state index contributed by atoms with van der Waals surface area (Å²) < 4.78 is 60.0. The van der Waals surface area contributed by atoms with Crippen LogP contribution in [-0.4, -0.2) is 23.8 Å². The highest BCUT2D eigenvalue weighted by atomic mass is 127. The zero-order chi connectivity index (χ0) is 12.1. The zero-order valence-corrected chi connectivity index (χ0v) is 9.78. The van der Waals surface area contributed by atoms with Crippen molar-refractivity contribution in [3.63, 3.8) is 0 Å². The van der Waals surface area contributed by atoms with Gasteiger partial charge in [-0.15, -0.1) is 0 Å². The molecule has 0 saturated heterocycles. The molecule has 0 atom stereocenters. The van der Waals surface area contributed by atoms with E-state index in [4.69, 9.17) is 5.11 Å². The van der Waals surface area contributed by atoms with Crippen LogP contribution >= 0.6 is 22.6 Å². The Hall–Kier alpha value is 0.0800. The zero-order valence-electron chi connectivity index (χ0n) is 7.62. The molecular weight excluding hydrogens is 334 g/mol. The maximum atomic E-state index is 12.4. The molecule has 0 unspecified atom stereocenters. The number of hydrogen-bond donors (Lipinski definition) is 1. The number of rotatable bonds is 5. The summed E-state index contributed by atoms with van der Waals surface area (Å²) in [5.41, 5.74) is 0. The summed E-state index contributed by atoms with van der Waals surface area (Å²) in [6, 6.07) is 0. The maximum absolute atomic E-state index is 12.4. The Morgan fingerprint density at radius 1 is 1.13 bits per heavy atom. The van der Waals surface area contributed by atoms with Crippen molar-refractivity contribution in [2.75, 3.05) is 6.61 Å². The molecular formula is C8H10F5IO. The molecule has 90 valence electrons. The lowest BCUT2D eigenvalue weighted by molar-refractivity contribution is -0.259. The minimum Gasteiger partial charge on any atom is -0.396 e. The molecule has 0 aromatic rings. The average Bonchev–Trinajstić information content (AvgIpc) is 2.01. The lowest BCUT2D eigenvalue weighted by atomic mass is 10.2. The van der Waals surface area contributed by atoms with E-state index in [0.29, 0.717) is 12.8 Å². The van der Waals surface area contributed by atoms with E-state index >= 15 is 0 Å². The van der Waals surface area contributed by atoms with Gasteiger partial charge in [-0.05, 0) is 45.4 Å². The number of alkyl halides is 5. The smallest absolute Gasteiger partial charge is 0.396 e. The number of hydrogen-bond acceptors (Lipinski definition) is 1. The summed E-state index contributed by atoms with van der Waals surface area (Å²) in [5.74, 6) is -4.78. The minimum atomic E-state index is -5.54. The summed E-state index contributed by atoms with van der Waals surface area (Å²) in [6.07, 6.45) is -4.73. The Morgan fingerprint density at radius 3 is 2.07 bits per heavy atom. The lowest BCUT2D eigenvalue weighted by Gasteiger charge is -2.16. The Morgan fingerprint density at radius 2 is 1.67 bits per heavy atom. The molecule has 0 aliphatic carbocycles. The van der Waals surface area contributed by atoms with Crippen LogP contribution in [0.5, 0.6) is 0 Å². The van der Waals surface area contributed by atoms with Crippen molar-refractivity contribution in [1.82, 2.24) is 0 Å². The first-order valence-corrected chi connectivity index (χ1v) is 5.21. The van der Waals surface area contributed by atoms with Crippen LogP contribution in [0.25, 0.3) is 0 Å². The van der Waals surface area contributed by atoms with E-state index in [1.54, 1.807) is 0 Å². The Labute approximate surface area is 97.5 Å². The molecule has 0 spiro atoms. The van der Waals surface area contributed by atoms with Crippen LogP contribution in [-0.2, 0) is 0 Å². The first-order chi connectivity index (χ1) is 6.70. The summed E-state index contributed by atoms with van der Waals surface area (Å²) in [6.45, 7) is -0.0976. The second kappa shape index (κ2) is 5.97. The van der Waals surface area contributed by atoms with Crippen molar-refractivity contribution in [2.45, 2.75) is 31.4 Å². The van der Waals surface area contributed by atoms with E-state index in [1.165, 1.54) is 22.6 Å². The van der Waals surface area contributed by atoms with Crippen molar-refractivity contribution in [3.8, 4) is 0 Å². The van der Waals surface area contributed by atoms with Gasteiger partial charge in [-0.25, -0.2) is 0 Å². The maximum Gasteiger partial charge on any atom is 0.457 e. The fraction of sp³-hybridized carbons (Fsp3) is 0.750. The normalized spacial score (nSPS) is 14.5. The Bertz CT molecular complexity index is 224. The first kappa shape index (κ1) is 15.1. The van der Waals surface area contributed by atoms with Crippen LogP contribution in [0.15, 0.2) is 9.66 Å². The third-order valence-corrected chi connectivity index (χ3v) is 2.39. The van der Waals surface area contributed by atoms with E-state index in [9.17, 15) is 22.0 Å². The van der Waals surface area contributed by atoms with Crippen molar-refractivity contribution in [2.24, 2.45) is 0 Å². The SMILES string of the molecule is OCCCCC(I)=CC(F)(F)C(F)(F)F. The second-order valence-electron chi connectivity index (χ2n) is 2.89. The molecule has 0 rings (SSSR count). The van der Waals surface area contributed by atoms with Gasteiger partial charge in [-0.3, -0.25) is 0 Å².